The van der Waals surface area contributed by atoms with Crippen LogP contribution in [0.2, 0.25) is 0 Å². The van der Waals surface area contributed by atoms with Crippen molar-refractivity contribution in [3.05, 3.63) is 44.4 Å². The van der Waals surface area contributed by atoms with Crippen LogP contribution in [0.3, 0.4) is 0 Å². The van der Waals surface area contributed by atoms with Crippen LogP contribution >= 0.6 is 31.9 Å². The highest BCUT2D eigenvalue weighted by Crippen LogP contribution is 2.34. The quantitative estimate of drug-likeness (QED) is 0.461. The molecule has 98 valence electrons. The summed E-state index contributed by atoms with van der Waals surface area (Å²) in [4.78, 5) is 0. The van der Waals surface area contributed by atoms with E-state index in [4.69, 9.17) is 5.84 Å². The Morgan fingerprint density at radius 3 is 2.78 bits per heavy atom. The fourth-order valence-corrected chi connectivity index (χ4v) is 3.29. The minimum atomic E-state index is 0.106. The zero-order valence-electron chi connectivity index (χ0n) is 10.3. The van der Waals surface area contributed by atoms with Gasteiger partial charge in [0.2, 0.25) is 0 Å². The fraction of sp³-hybridized carbons (Fsp3) is 0.429. The monoisotopic (exact) mass is 372 g/mol. The molecule has 0 spiro atoms. The first kappa shape index (κ1) is 14.3. The van der Waals surface area contributed by atoms with E-state index in [1.807, 2.05) is 6.07 Å². The summed E-state index contributed by atoms with van der Waals surface area (Å²) in [6.07, 6.45) is 8.52. The van der Waals surface area contributed by atoms with Gasteiger partial charge in [0.05, 0.1) is 6.04 Å². The SMILES string of the molecule is NNC(C1=CCCCCC1)c1cc(Br)ccc1Br. The summed E-state index contributed by atoms with van der Waals surface area (Å²) in [5.74, 6) is 5.78. The summed E-state index contributed by atoms with van der Waals surface area (Å²) in [6.45, 7) is 0. The number of hydrazine groups is 1. The van der Waals surface area contributed by atoms with Gasteiger partial charge >= 0.3 is 0 Å². The van der Waals surface area contributed by atoms with Gasteiger partial charge in [-0.05, 0) is 49.4 Å². The predicted molar refractivity (Wildman–Crippen MR) is 83.1 cm³/mol. The van der Waals surface area contributed by atoms with Crippen LogP contribution in [0, 0.1) is 0 Å². The molecule has 1 aliphatic carbocycles. The second-order valence-corrected chi connectivity index (χ2v) is 6.41. The molecule has 1 aromatic rings. The Hall–Kier alpha value is -0.160. The predicted octanol–water partition coefficient (Wildman–Crippen LogP) is 4.61. The number of benzene rings is 1. The van der Waals surface area contributed by atoms with Crippen molar-refractivity contribution in [1.82, 2.24) is 5.43 Å². The standard InChI is InChI=1S/C14H18Br2N2/c15-11-7-8-13(16)12(9-11)14(18-17)10-5-3-1-2-4-6-10/h5,7-9,14,18H,1-4,6,17H2. The molecule has 0 bridgehead atoms. The Kier molecular flexibility index (Phi) is 5.42. The van der Waals surface area contributed by atoms with Crippen LogP contribution in [0.1, 0.15) is 43.7 Å². The molecule has 4 heteroatoms. The first-order valence-corrected chi connectivity index (χ1v) is 7.91. The molecule has 0 heterocycles. The van der Waals surface area contributed by atoms with Gasteiger partial charge in [-0.3, -0.25) is 5.84 Å². The first-order chi connectivity index (χ1) is 8.72. The van der Waals surface area contributed by atoms with Crippen LogP contribution in [0.15, 0.2) is 38.8 Å². The lowest BCUT2D eigenvalue weighted by Gasteiger charge is -2.21. The topological polar surface area (TPSA) is 38.0 Å². The van der Waals surface area contributed by atoms with E-state index in [2.05, 4.69) is 55.5 Å². The van der Waals surface area contributed by atoms with Crippen LogP contribution in [0.25, 0.3) is 0 Å². The molecule has 2 nitrogen and oxygen atoms in total. The molecule has 0 saturated carbocycles. The van der Waals surface area contributed by atoms with E-state index in [1.54, 1.807) is 0 Å². The van der Waals surface area contributed by atoms with E-state index in [9.17, 15) is 0 Å². The Morgan fingerprint density at radius 2 is 2.00 bits per heavy atom. The van der Waals surface area contributed by atoms with E-state index in [-0.39, 0.29) is 6.04 Å². The zero-order chi connectivity index (χ0) is 13.0. The molecule has 0 saturated heterocycles. The maximum Gasteiger partial charge on any atom is 0.0681 e. The summed E-state index contributed by atoms with van der Waals surface area (Å²) >= 11 is 7.14. The van der Waals surface area contributed by atoms with Gasteiger partial charge in [0.15, 0.2) is 0 Å². The largest absolute Gasteiger partial charge is 0.271 e. The van der Waals surface area contributed by atoms with Crippen molar-refractivity contribution >= 4 is 31.9 Å². The van der Waals surface area contributed by atoms with Crippen LogP contribution in [-0.4, -0.2) is 0 Å². The summed E-state index contributed by atoms with van der Waals surface area (Å²) in [7, 11) is 0. The van der Waals surface area contributed by atoms with Gasteiger partial charge in [0, 0.05) is 8.95 Å². The molecule has 0 radical (unpaired) electrons. The number of allylic oxidation sites excluding steroid dienone is 1. The third-order valence-electron chi connectivity index (χ3n) is 3.38. The smallest absolute Gasteiger partial charge is 0.0681 e. The van der Waals surface area contributed by atoms with Crippen LogP contribution in [0.5, 0.6) is 0 Å². The fourth-order valence-electron chi connectivity index (χ4n) is 2.43. The average Bonchev–Trinajstić information content (AvgIpc) is 2.64. The van der Waals surface area contributed by atoms with Gasteiger partial charge in [0.25, 0.3) is 0 Å². The van der Waals surface area contributed by atoms with Gasteiger partial charge in [-0.1, -0.05) is 49.9 Å². The Labute approximate surface area is 125 Å². The molecule has 0 aromatic heterocycles. The molecule has 1 aromatic carbocycles. The van der Waals surface area contributed by atoms with Crippen LogP contribution in [-0.2, 0) is 0 Å². The Bertz CT molecular complexity index is 443. The van der Waals surface area contributed by atoms with E-state index in [1.165, 1.54) is 36.8 Å². The average molecular weight is 374 g/mol. The van der Waals surface area contributed by atoms with Crippen molar-refractivity contribution in [2.24, 2.45) is 5.84 Å². The highest BCUT2D eigenvalue weighted by molar-refractivity contribution is 9.11. The number of hydrogen-bond donors (Lipinski definition) is 2. The molecule has 3 N–H and O–H groups in total. The maximum absolute atomic E-state index is 5.78. The number of hydrogen-bond acceptors (Lipinski definition) is 2. The number of nitrogens with one attached hydrogen (secondary N) is 1. The van der Waals surface area contributed by atoms with Gasteiger partial charge in [-0.25, -0.2) is 5.43 Å². The Morgan fingerprint density at radius 1 is 1.17 bits per heavy atom. The molecule has 0 aliphatic heterocycles. The van der Waals surface area contributed by atoms with Crippen molar-refractivity contribution in [1.29, 1.82) is 0 Å². The molecule has 1 aliphatic rings. The van der Waals surface area contributed by atoms with Crippen molar-refractivity contribution in [2.45, 2.75) is 38.1 Å². The molecule has 18 heavy (non-hydrogen) atoms. The van der Waals surface area contributed by atoms with Crippen molar-refractivity contribution in [3.8, 4) is 0 Å². The minimum Gasteiger partial charge on any atom is -0.271 e. The second kappa shape index (κ2) is 6.85. The number of nitrogens with two attached hydrogens (primary N) is 1. The molecule has 1 atom stereocenters. The molecule has 0 amide bonds. The molecule has 1 unspecified atom stereocenters. The van der Waals surface area contributed by atoms with Gasteiger partial charge in [-0.2, -0.15) is 0 Å². The molecular formula is C14H18Br2N2. The van der Waals surface area contributed by atoms with E-state index in [0.29, 0.717) is 0 Å². The third-order valence-corrected chi connectivity index (χ3v) is 4.60. The van der Waals surface area contributed by atoms with Gasteiger partial charge in [-0.15, -0.1) is 0 Å². The lowest BCUT2D eigenvalue weighted by molar-refractivity contribution is 0.591. The minimum absolute atomic E-state index is 0.106. The van der Waals surface area contributed by atoms with Crippen LogP contribution < -0.4 is 11.3 Å². The van der Waals surface area contributed by atoms with E-state index in [0.717, 1.165) is 15.4 Å². The lowest BCUT2D eigenvalue weighted by atomic mass is 9.96. The lowest BCUT2D eigenvalue weighted by Crippen LogP contribution is -2.29. The molecule has 2 rings (SSSR count). The summed E-state index contributed by atoms with van der Waals surface area (Å²) in [5, 5.41) is 0. The summed E-state index contributed by atoms with van der Waals surface area (Å²) in [5.41, 5.74) is 5.57. The normalized spacial score (nSPS) is 18.1. The summed E-state index contributed by atoms with van der Waals surface area (Å²) < 4.78 is 2.17. The van der Waals surface area contributed by atoms with Gasteiger partial charge < -0.3 is 0 Å². The van der Waals surface area contributed by atoms with Crippen LogP contribution in [0.4, 0.5) is 0 Å². The van der Waals surface area contributed by atoms with E-state index < -0.39 is 0 Å². The molecule has 0 fully saturated rings. The Balaban J connectivity index is 2.32. The van der Waals surface area contributed by atoms with Crippen molar-refractivity contribution in [3.63, 3.8) is 0 Å². The van der Waals surface area contributed by atoms with Crippen molar-refractivity contribution in [2.75, 3.05) is 0 Å². The zero-order valence-corrected chi connectivity index (χ0v) is 13.4. The highest BCUT2D eigenvalue weighted by Gasteiger charge is 2.18. The highest BCUT2D eigenvalue weighted by atomic mass is 79.9. The first-order valence-electron chi connectivity index (χ1n) is 6.32. The number of rotatable bonds is 3. The maximum atomic E-state index is 5.78. The van der Waals surface area contributed by atoms with Gasteiger partial charge in [0.1, 0.15) is 0 Å². The van der Waals surface area contributed by atoms with Crippen molar-refractivity contribution < 1.29 is 0 Å². The van der Waals surface area contributed by atoms with E-state index >= 15 is 0 Å². The second-order valence-electron chi connectivity index (χ2n) is 4.64. The molecular weight excluding hydrogens is 356 g/mol. The number of halogens is 2. The summed E-state index contributed by atoms with van der Waals surface area (Å²) in [6, 6.07) is 6.32. The third kappa shape index (κ3) is 3.44.